The van der Waals surface area contributed by atoms with E-state index >= 15 is 0 Å². The largest absolute Gasteiger partial charge is 0.467 e. The van der Waals surface area contributed by atoms with Crippen LogP contribution in [0.25, 0.3) is 12.2 Å². The van der Waals surface area contributed by atoms with Crippen LogP contribution in [-0.4, -0.2) is 40.9 Å². The first-order chi connectivity index (χ1) is 15.0. The molecule has 31 heavy (non-hydrogen) atoms. The van der Waals surface area contributed by atoms with E-state index < -0.39 is 0 Å². The fraction of sp³-hybridized carbons (Fsp3) is 0.320. The van der Waals surface area contributed by atoms with E-state index in [0.717, 1.165) is 16.7 Å². The average Bonchev–Trinajstić information content (AvgIpc) is 2.78. The summed E-state index contributed by atoms with van der Waals surface area (Å²) in [5.74, 6) is 0.964. The molecule has 0 aliphatic carbocycles. The molecule has 0 heterocycles. The van der Waals surface area contributed by atoms with Crippen LogP contribution in [0.5, 0.6) is 11.5 Å². The maximum Gasteiger partial charge on any atom is 0.337 e. The van der Waals surface area contributed by atoms with Crippen LogP contribution in [0.4, 0.5) is 0 Å². The Morgan fingerprint density at radius 2 is 1.58 bits per heavy atom. The Labute approximate surface area is 184 Å². The van der Waals surface area contributed by atoms with Crippen molar-refractivity contribution in [1.82, 2.24) is 0 Å². The SMILES string of the molecule is COCOc1cc(/C=C/c2ccc(C(=O)OC)cc2)c(CC=C(C)C)c(OCOC)c1. The predicted molar refractivity (Wildman–Crippen MR) is 121 cm³/mol. The predicted octanol–water partition coefficient (Wildman–Crippen LogP) is 5.12. The van der Waals surface area contributed by atoms with E-state index in [-0.39, 0.29) is 19.6 Å². The van der Waals surface area contributed by atoms with E-state index in [1.54, 1.807) is 26.4 Å². The number of allylic oxidation sites excluding steroid dienone is 2. The monoisotopic (exact) mass is 426 g/mol. The molecule has 0 fully saturated rings. The molecule has 0 radical (unpaired) electrons. The third-order valence-electron chi connectivity index (χ3n) is 4.39. The van der Waals surface area contributed by atoms with Gasteiger partial charge in [0.15, 0.2) is 13.6 Å². The highest BCUT2D eigenvalue weighted by atomic mass is 16.7. The van der Waals surface area contributed by atoms with E-state index in [2.05, 4.69) is 19.9 Å². The van der Waals surface area contributed by atoms with Gasteiger partial charge in [0.25, 0.3) is 0 Å². The fourth-order valence-electron chi connectivity index (χ4n) is 2.81. The highest BCUT2D eigenvalue weighted by Crippen LogP contribution is 2.32. The highest BCUT2D eigenvalue weighted by Gasteiger charge is 2.12. The molecule has 6 nitrogen and oxygen atoms in total. The van der Waals surface area contributed by atoms with Gasteiger partial charge in [0.1, 0.15) is 11.5 Å². The Balaban J connectivity index is 2.43. The van der Waals surface area contributed by atoms with Gasteiger partial charge < -0.3 is 23.7 Å². The van der Waals surface area contributed by atoms with Crippen molar-refractivity contribution in [2.75, 3.05) is 34.9 Å². The van der Waals surface area contributed by atoms with E-state index in [1.165, 1.54) is 12.7 Å². The Morgan fingerprint density at radius 3 is 2.19 bits per heavy atom. The first kappa shape index (κ1) is 24.2. The van der Waals surface area contributed by atoms with Gasteiger partial charge in [-0.1, -0.05) is 35.9 Å². The van der Waals surface area contributed by atoms with Crippen molar-refractivity contribution in [1.29, 1.82) is 0 Å². The van der Waals surface area contributed by atoms with Crippen LogP contribution in [0.15, 0.2) is 48.0 Å². The molecule has 0 spiro atoms. The van der Waals surface area contributed by atoms with Gasteiger partial charge in [0, 0.05) is 25.8 Å². The Bertz CT molecular complexity index is 908. The standard InChI is InChI=1S/C25H30O6/c1-18(2)6-13-23-21(12-9-19-7-10-20(11-8-19)25(26)29-5)14-22(30-16-27-3)15-24(23)31-17-28-4/h6-12,14-15H,13,16-17H2,1-5H3/b12-9+. The molecule has 2 aromatic rings. The van der Waals surface area contributed by atoms with Gasteiger partial charge in [-0.2, -0.15) is 0 Å². The number of esters is 1. The van der Waals surface area contributed by atoms with Crippen LogP contribution in [0.2, 0.25) is 0 Å². The van der Waals surface area contributed by atoms with Crippen LogP contribution in [0.1, 0.15) is 40.9 Å². The Morgan fingerprint density at radius 1 is 0.903 bits per heavy atom. The second-order valence-electron chi connectivity index (χ2n) is 7.02. The summed E-state index contributed by atoms with van der Waals surface area (Å²) < 4.78 is 26.4. The Kier molecular flexibility index (Phi) is 9.81. The number of methoxy groups -OCH3 is 3. The number of carbonyl (C=O) groups excluding carboxylic acids is 1. The second-order valence-corrected chi connectivity index (χ2v) is 7.02. The highest BCUT2D eigenvalue weighted by molar-refractivity contribution is 5.89. The molecule has 6 heteroatoms. The lowest BCUT2D eigenvalue weighted by Crippen LogP contribution is -2.05. The van der Waals surface area contributed by atoms with Gasteiger partial charge in [-0.05, 0) is 49.6 Å². The van der Waals surface area contributed by atoms with E-state index in [1.807, 2.05) is 36.4 Å². The summed E-state index contributed by atoms with van der Waals surface area (Å²) in [6.07, 6.45) is 6.82. The number of ether oxygens (including phenoxy) is 5. The molecular weight excluding hydrogens is 396 g/mol. The fourth-order valence-corrected chi connectivity index (χ4v) is 2.81. The van der Waals surface area contributed by atoms with Crippen LogP contribution in [-0.2, 0) is 20.6 Å². The van der Waals surface area contributed by atoms with Gasteiger partial charge in [0.2, 0.25) is 0 Å². The summed E-state index contributed by atoms with van der Waals surface area (Å²) in [7, 11) is 4.52. The van der Waals surface area contributed by atoms with Crippen molar-refractivity contribution in [3.63, 3.8) is 0 Å². The number of rotatable bonds is 11. The molecule has 2 rings (SSSR count). The Hall–Kier alpha value is -3.09. The molecule has 0 unspecified atom stereocenters. The van der Waals surface area contributed by atoms with Crippen LogP contribution in [0.3, 0.4) is 0 Å². The van der Waals surface area contributed by atoms with Crippen molar-refractivity contribution in [3.8, 4) is 11.5 Å². The van der Waals surface area contributed by atoms with Gasteiger partial charge in [-0.25, -0.2) is 4.79 Å². The molecule has 0 aliphatic rings. The third kappa shape index (κ3) is 7.59. The smallest absolute Gasteiger partial charge is 0.337 e. The average molecular weight is 427 g/mol. The molecule has 0 saturated carbocycles. The molecule has 0 aliphatic heterocycles. The van der Waals surface area contributed by atoms with E-state index in [0.29, 0.717) is 23.5 Å². The molecule has 0 amide bonds. The minimum Gasteiger partial charge on any atom is -0.467 e. The number of benzene rings is 2. The maximum atomic E-state index is 11.6. The molecule has 0 atom stereocenters. The van der Waals surface area contributed by atoms with Gasteiger partial charge in [-0.3, -0.25) is 0 Å². The van der Waals surface area contributed by atoms with Crippen LogP contribution < -0.4 is 9.47 Å². The summed E-state index contributed by atoms with van der Waals surface area (Å²) in [4.78, 5) is 11.6. The second kappa shape index (κ2) is 12.6. The first-order valence-electron chi connectivity index (χ1n) is 9.88. The molecule has 166 valence electrons. The van der Waals surface area contributed by atoms with Crippen molar-refractivity contribution >= 4 is 18.1 Å². The topological polar surface area (TPSA) is 63.2 Å². The summed E-state index contributed by atoms with van der Waals surface area (Å²) in [6.45, 7) is 4.39. The number of hydrogen-bond acceptors (Lipinski definition) is 6. The summed E-state index contributed by atoms with van der Waals surface area (Å²) >= 11 is 0. The molecule has 0 bridgehead atoms. The quantitative estimate of drug-likeness (QED) is 0.215. The van der Waals surface area contributed by atoms with Crippen molar-refractivity contribution in [2.45, 2.75) is 20.3 Å². The minimum atomic E-state index is -0.359. The minimum absolute atomic E-state index is 0.133. The molecular formula is C25H30O6. The first-order valence-corrected chi connectivity index (χ1v) is 9.88. The van der Waals surface area contributed by atoms with Gasteiger partial charge >= 0.3 is 5.97 Å². The zero-order chi connectivity index (χ0) is 22.6. The lowest BCUT2D eigenvalue weighted by Gasteiger charge is -2.16. The number of hydrogen-bond donors (Lipinski definition) is 0. The zero-order valence-corrected chi connectivity index (χ0v) is 18.8. The lowest BCUT2D eigenvalue weighted by atomic mass is 10.00. The zero-order valence-electron chi connectivity index (χ0n) is 18.8. The molecule has 0 aromatic heterocycles. The van der Waals surface area contributed by atoms with Crippen LogP contribution in [0, 0.1) is 0 Å². The van der Waals surface area contributed by atoms with Crippen LogP contribution >= 0.6 is 0 Å². The van der Waals surface area contributed by atoms with Crippen molar-refractivity contribution in [2.24, 2.45) is 0 Å². The van der Waals surface area contributed by atoms with Gasteiger partial charge in [-0.15, -0.1) is 0 Å². The van der Waals surface area contributed by atoms with Crippen molar-refractivity contribution < 1.29 is 28.5 Å². The summed E-state index contributed by atoms with van der Waals surface area (Å²) in [5.41, 5.74) is 4.64. The lowest BCUT2D eigenvalue weighted by molar-refractivity contribution is 0.0456. The molecule has 0 N–H and O–H groups in total. The summed E-state index contributed by atoms with van der Waals surface area (Å²) in [6, 6.07) is 11.0. The summed E-state index contributed by atoms with van der Waals surface area (Å²) in [5, 5.41) is 0. The molecule has 2 aromatic carbocycles. The van der Waals surface area contributed by atoms with Crippen molar-refractivity contribution in [3.05, 3.63) is 70.3 Å². The van der Waals surface area contributed by atoms with E-state index in [4.69, 9.17) is 23.7 Å². The normalized spacial score (nSPS) is 10.7. The van der Waals surface area contributed by atoms with Gasteiger partial charge in [0.05, 0.1) is 12.7 Å². The molecule has 0 saturated heterocycles. The third-order valence-corrected chi connectivity index (χ3v) is 4.39. The number of carbonyl (C=O) groups is 1. The maximum absolute atomic E-state index is 11.6. The van der Waals surface area contributed by atoms with E-state index in [9.17, 15) is 4.79 Å².